The highest BCUT2D eigenvalue weighted by atomic mass is 32.2. The van der Waals surface area contributed by atoms with E-state index < -0.39 is 10.0 Å². The molecule has 1 aromatic carbocycles. The van der Waals surface area contributed by atoms with Gasteiger partial charge >= 0.3 is 0 Å². The number of aryl methyl sites for hydroxylation is 2. The van der Waals surface area contributed by atoms with Crippen LogP contribution < -0.4 is 9.21 Å². The van der Waals surface area contributed by atoms with Crippen LogP contribution >= 0.6 is 0 Å². The third-order valence-corrected chi connectivity index (χ3v) is 6.20. The zero-order valence-corrected chi connectivity index (χ0v) is 14.6. The van der Waals surface area contributed by atoms with E-state index in [4.69, 9.17) is 4.52 Å². The summed E-state index contributed by atoms with van der Waals surface area (Å²) in [5.74, 6) is 0.325. The van der Waals surface area contributed by atoms with Gasteiger partial charge in [-0.15, -0.1) is 0 Å². The van der Waals surface area contributed by atoms with E-state index in [0.717, 1.165) is 5.69 Å². The molecule has 0 atom stereocenters. The summed E-state index contributed by atoms with van der Waals surface area (Å²) in [7, 11) is -3.69. The summed E-state index contributed by atoms with van der Waals surface area (Å²) in [6.07, 6.45) is 0. The van der Waals surface area contributed by atoms with Crippen molar-refractivity contribution >= 4 is 21.4 Å². The molecule has 0 unspecified atom stereocenters. The van der Waals surface area contributed by atoms with E-state index in [9.17, 15) is 8.42 Å². The molecule has 0 spiro atoms. The molecule has 1 aliphatic rings. The number of hydrogen-bond acceptors (Lipinski definition) is 5. The molecule has 1 aromatic heterocycles. The summed E-state index contributed by atoms with van der Waals surface area (Å²) in [6, 6.07) is 7.91. The van der Waals surface area contributed by atoms with Gasteiger partial charge in [-0.3, -0.25) is 4.31 Å². The van der Waals surface area contributed by atoms with Crippen molar-refractivity contribution in [1.29, 1.82) is 0 Å². The number of para-hydroxylation sites is 2. The van der Waals surface area contributed by atoms with Crippen LogP contribution in [0.4, 0.5) is 11.4 Å². The molecular formula is C16H21N3O3S. The van der Waals surface area contributed by atoms with Crippen LogP contribution in [0.1, 0.15) is 25.3 Å². The Bertz CT molecular complexity index is 807. The molecule has 0 N–H and O–H groups in total. The van der Waals surface area contributed by atoms with Gasteiger partial charge in [0.1, 0.15) is 5.69 Å². The third kappa shape index (κ3) is 2.49. The molecule has 0 saturated heterocycles. The van der Waals surface area contributed by atoms with Gasteiger partial charge in [-0.05, 0) is 39.8 Å². The van der Waals surface area contributed by atoms with Crippen molar-refractivity contribution in [3.63, 3.8) is 0 Å². The highest BCUT2D eigenvalue weighted by Crippen LogP contribution is 2.38. The molecular weight excluding hydrogens is 314 g/mol. The Morgan fingerprint density at radius 2 is 1.78 bits per heavy atom. The molecule has 6 nitrogen and oxygen atoms in total. The number of rotatable bonds is 3. The Kier molecular flexibility index (Phi) is 3.83. The predicted octanol–water partition coefficient (Wildman–Crippen LogP) is 2.72. The summed E-state index contributed by atoms with van der Waals surface area (Å²) in [5.41, 5.74) is 2.03. The highest BCUT2D eigenvalue weighted by molar-refractivity contribution is 7.93. The minimum absolute atomic E-state index is 0.172. The van der Waals surface area contributed by atoms with Crippen molar-refractivity contribution in [3.05, 3.63) is 35.7 Å². The molecule has 3 rings (SSSR count). The lowest BCUT2D eigenvalue weighted by Crippen LogP contribution is -2.46. The minimum Gasteiger partial charge on any atom is -0.366 e. The molecule has 0 saturated carbocycles. The van der Waals surface area contributed by atoms with Gasteiger partial charge in [0.15, 0.2) is 10.7 Å². The first-order valence-corrected chi connectivity index (χ1v) is 9.09. The Balaban J connectivity index is 2.13. The lowest BCUT2D eigenvalue weighted by atomic mass is 10.1. The first-order chi connectivity index (χ1) is 10.8. The number of hydrogen-bond donors (Lipinski definition) is 0. The summed E-state index contributed by atoms with van der Waals surface area (Å²) in [4.78, 5) is 2.39. The second kappa shape index (κ2) is 5.56. The SMILES string of the molecule is Cc1noc(C)c1S(=O)(=O)N1CCN(C(C)C)c2ccccc21. The predicted molar refractivity (Wildman–Crippen MR) is 89.4 cm³/mol. The van der Waals surface area contributed by atoms with Crippen LogP contribution in [0, 0.1) is 13.8 Å². The summed E-state index contributed by atoms with van der Waals surface area (Å²) >= 11 is 0. The average Bonchev–Trinajstić information content (AvgIpc) is 2.85. The van der Waals surface area contributed by atoms with Crippen LogP contribution in [-0.2, 0) is 10.0 Å². The van der Waals surface area contributed by atoms with Gasteiger partial charge in [-0.1, -0.05) is 17.3 Å². The van der Waals surface area contributed by atoms with Gasteiger partial charge in [0.2, 0.25) is 0 Å². The van der Waals surface area contributed by atoms with Crippen LogP contribution in [0.15, 0.2) is 33.7 Å². The van der Waals surface area contributed by atoms with Crippen LogP contribution in [0.5, 0.6) is 0 Å². The second-order valence-electron chi connectivity index (χ2n) is 6.01. The van der Waals surface area contributed by atoms with Crippen molar-refractivity contribution < 1.29 is 12.9 Å². The fourth-order valence-corrected chi connectivity index (χ4v) is 4.86. The van der Waals surface area contributed by atoms with Crippen LogP contribution in [0.2, 0.25) is 0 Å². The summed E-state index contributed by atoms with van der Waals surface area (Å²) in [5, 5.41) is 3.79. The van der Waals surface area contributed by atoms with Crippen LogP contribution in [-0.4, -0.2) is 32.7 Å². The van der Waals surface area contributed by atoms with E-state index in [1.54, 1.807) is 13.8 Å². The van der Waals surface area contributed by atoms with Gasteiger partial charge in [-0.25, -0.2) is 8.42 Å². The van der Waals surface area contributed by atoms with E-state index in [2.05, 4.69) is 23.9 Å². The molecule has 0 fully saturated rings. The summed E-state index contributed by atoms with van der Waals surface area (Å²) < 4.78 is 32.8. The zero-order valence-electron chi connectivity index (χ0n) is 13.8. The minimum atomic E-state index is -3.69. The maximum absolute atomic E-state index is 13.1. The van der Waals surface area contributed by atoms with E-state index in [-0.39, 0.29) is 4.90 Å². The first kappa shape index (κ1) is 15.9. The fraction of sp³-hybridized carbons (Fsp3) is 0.438. The molecule has 0 amide bonds. The normalized spacial score (nSPS) is 15.2. The second-order valence-corrected chi connectivity index (χ2v) is 7.81. The van der Waals surface area contributed by atoms with E-state index in [1.807, 2.05) is 24.3 Å². The Morgan fingerprint density at radius 1 is 1.13 bits per heavy atom. The molecule has 2 aromatic rings. The van der Waals surface area contributed by atoms with Crippen molar-refractivity contribution in [2.45, 2.75) is 38.6 Å². The van der Waals surface area contributed by atoms with Gasteiger partial charge in [-0.2, -0.15) is 0 Å². The highest BCUT2D eigenvalue weighted by Gasteiger charge is 2.35. The fourth-order valence-electron chi connectivity index (χ4n) is 3.10. The van der Waals surface area contributed by atoms with E-state index in [1.165, 1.54) is 4.31 Å². The quantitative estimate of drug-likeness (QED) is 0.863. The molecule has 7 heteroatoms. The Morgan fingerprint density at radius 3 is 2.35 bits per heavy atom. The molecule has 0 aliphatic carbocycles. The molecule has 23 heavy (non-hydrogen) atoms. The van der Waals surface area contributed by atoms with Crippen molar-refractivity contribution in [1.82, 2.24) is 5.16 Å². The van der Waals surface area contributed by atoms with Gasteiger partial charge in [0, 0.05) is 12.6 Å². The van der Waals surface area contributed by atoms with Gasteiger partial charge in [0.25, 0.3) is 10.0 Å². The summed E-state index contributed by atoms with van der Waals surface area (Å²) in [6.45, 7) is 8.55. The monoisotopic (exact) mass is 335 g/mol. The Labute approximate surface area is 136 Å². The Hall–Kier alpha value is -2.02. The first-order valence-electron chi connectivity index (χ1n) is 7.65. The van der Waals surface area contributed by atoms with Gasteiger partial charge < -0.3 is 9.42 Å². The maximum atomic E-state index is 13.1. The molecule has 0 bridgehead atoms. The van der Waals surface area contributed by atoms with Crippen molar-refractivity contribution in [3.8, 4) is 0 Å². The number of benzene rings is 1. The van der Waals surface area contributed by atoms with Crippen LogP contribution in [0.25, 0.3) is 0 Å². The standard InChI is InChI=1S/C16H21N3O3S/c1-11(2)18-9-10-19(15-8-6-5-7-14(15)18)23(20,21)16-12(3)17-22-13(16)4/h5-8,11H,9-10H2,1-4H3. The molecule has 0 radical (unpaired) electrons. The molecule has 124 valence electrons. The number of anilines is 2. The lowest BCUT2D eigenvalue weighted by Gasteiger charge is -2.40. The van der Waals surface area contributed by atoms with E-state index in [0.29, 0.717) is 36.3 Å². The topological polar surface area (TPSA) is 66.7 Å². The molecule has 2 heterocycles. The largest absolute Gasteiger partial charge is 0.366 e. The number of fused-ring (bicyclic) bond motifs is 1. The zero-order chi connectivity index (χ0) is 16.8. The van der Waals surface area contributed by atoms with Crippen LogP contribution in [0.3, 0.4) is 0 Å². The number of aromatic nitrogens is 1. The smallest absolute Gasteiger partial charge is 0.269 e. The van der Waals surface area contributed by atoms with Gasteiger partial charge in [0.05, 0.1) is 17.9 Å². The third-order valence-electron chi connectivity index (χ3n) is 4.14. The lowest BCUT2D eigenvalue weighted by molar-refractivity contribution is 0.390. The van der Waals surface area contributed by atoms with Crippen molar-refractivity contribution in [2.75, 3.05) is 22.3 Å². The number of sulfonamides is 1. The average molecular weight is 335 g/mol. The van der Waals surface area contributed by atoms with E-state index >= 15 is 0 Å². The molecule has 1 aliphatic heterocycles. The number of nitrogens with zero attached hydrogens (tertiary/aromatic N) is 3. The van der Waals surface area contributed by atoms with Crippen molar-refractivity contribution in [2.24, 2.45) is 0 Å². The maximum Gasteiger partial charge on any atom is 0.269 e.